The number of aliphatic carboxylic acids is 1. The molecule has 116 valence electrons. The number of carbonyl (C=O) groups is 3. The van der Waals surface area contributed by atoms with Gasteiger partial charge in [0.1, 0.15) is 6.04 Å². The van der Waals surface area contributed by atoms with E-state index in [1.807, 2.05) is 0 Å². The summed E-state index contributed by atoms with van der Waals surface area (Å²) < 4.78 is 1.52. The maximum atomic E-state index is 12.1. The van der Waals surface area contributed by atoms with Crippen LogP contribution in [0.2, 0.25) is 0 Å². The van der Waals surface area contributed by atoms with Crippen LogP contribution in [0.4, 0.5) is 0 Å². The van der Waals surface area contributed by atoms with Gasteiger partial charge in [0.15, 0.2) is 0 Å². The zero-order valence-electron chi connectivity index (χ0n) is 12.2. The van der Waals surface area contributed by atoms with Crippen LogP contribution in [0.25, 0.3) is 0 Å². The summed E-state index contributed by atoms with van der Waals surface area (Å²) >= 11 is 0. The maximum Gasteiger partial charge on any atom is 0.303 e. The first-order chi connectivity index (χ1) is 9.91. The highest BCUT2D eigenvalue weighted by molar-refractivity contribution is 5.86. The quantitative estimate of drug-likeness (QED) is 0.651. The van der Waals surface area contributed by atoms with Gasteiger partial charge in [-0.3, -0.25) is 19.1 Å². The molecule has 2 amide bonds. The van der Waals surface area contributed by atoms with E-state index in [1.54, 1.807) is 32.4 Å². The second-order valence-corrected chi connectivity index (χ2v) is 4.70. The van der Waals surface area contributed by atoms with Gasteiger partial charge in [0.05, 0.1) is 6.54 Å². The van der Waals surface area contributed by atoms with Gasteiger partial charge < -0.3 is 15.3 Å². The molecule has 0 aromatic carbocycles. The van der Waals surface area contributed by atoms with Crippen LogP contribution in [0.15, 0.2) is 18.5 Å². The SMILES string of the molecule is CC(C(=O)N(C)CC(=O)NCCCC(=O)O)n1cccn1. The summed E-state index contributed by atoms with van der Waals surface area (Å²) in [5.41, 5.74) is 0. The number of amides is 2. The summed E-state index contributed by atoms with van der Waals surface area (Å²) in [6.07, 6.45) is 3.63. The number of hydrogen-bond acceptors (Lipinski definition) is 4. The molecule has 0 bridgehead atoms. The summed E-state index contributed by atoms with van der Waals surface area (Å²) in [7, 11) is 1.54. The van der Waals surface area contributed by atoms with Crippen LogP contribution in [-0.2, 0) is 14.4 Å². The van der Waals surface area contributed by atoms with Gasteiger partial charge in [0.2, 0.25) is 11.8 Å². The van der Waals surface area contributed by atoms with Gasteiger partial charge in [-0.2, -0.15) is 5.10 Å². The smallest absolute Gasteiger partial charge is 0.303 e. The van der Waals surface area contributed by atoms with Crippen LogP contribution >= 0.6 is 0 Å². The molecule has 1 rings (SSSR count). The standard InChI is InChI=1S/C13H20N4O4/c1-10(17-8-4-7-15-17)13(21)16(2)9-11(18)14-6-3-5-12(19)20/h4,7-8,10H,3,5-6,9H2,1-2H3,(H,14,18)(H,19,20). The van der Waals surface area contributed by atoms with E-state index in [0.29, 0.717) is 6.42 Å². The van der Waals surface area contributed by atoms with E-state index in [9.17, 15) is 14.4 Å². The predicted molar refractivity (Wildman–Crippen MR) is 74.5 cm³/mol. The number of hydrogen-bond donors (Lipinski definition) is 2. The Balaban J connectivity index is 2.34. The first kappa shape index (κ1) is 16.7. The third-order valence-electron chi connectivity index (χ3n) is 2.93. The molecule has 1 unspecified atom stereocenters. The van der Waals surface area contributed by atoms with E-state index in [1.165, 1.54) is 9.58 Å². The lowest BCUT2D eigenvalue weighted by Gasteiger charge is -2.21. The summed E-state index contributed by atoms with van der Waals surface area (Å²) in [5, 5.41) is 15.0. The molecule has 2 N–H and O–H groups in total. The fraction of sp³-hybridized carbons (Fsp3) is 0.538. The number of nitrogens with one attached hydrogen (secondary N) is 1. The topological polar surface area (TPSA) is 105 Å². The maximum absolute atomic E-state index is 12.1. The Kier molecular flexibility index (Phi) is 6.38. The summed E-state index contributed by atoms with van der Waals surface area (Å²) in [6.45, 7) is 1.91. The van der Waals surface area contributed by atoms with Gasteiger partial charge in [-0.1, -0.05) is 0 Å². The van der Waals surface area contributed by atoms with Crippen LogP contribution in [0, 0.1) is 0 Å². The number of likely N-dealkylation sites (N-methyl/N-ethyl adjacent to an activating group) is 1. The average Bonchev–Trinajstić information content (AvgIpc) is 2.95. The van der Waals surface area contributed by atoms with E-state index < -0.39 is 12.0 Å². The Hall–Kier alpha value is -2.38. The lowest BCUT2D eigenvalue weighted by Crippen LogP contribution is -2.41. The van der Waals surface area contributed by atoms with Crippen molar-refractivity contribution in [3.05, 3.63) is 18.5 Å². The Bertz CT molecular complexity index is 486. The molecule has 0 aliphatic heterocycles. The lowest BCUT2D eigenvalue weighted by molar-refractivity contribution is -0.137. The van der Waals surface area contributed by atoms with Crippen molar-refractivity contribution >= 4 is 17.8 Å². The third kappa shape index (κ3) is 5.64. The van der Waals surface area contributed by atoms with Gasteiger partial charge in [0.25, 0.3) is 0 Å². The molecular formula is C13H20N4O4. The highest BCUT2D eigenvalue weighted by Gasteiger charge is 2.20. The molecule has 0 saturated carbocycles. The molecule has 0 fully saturated rings. The molecule has 0 saturated heterocycles. The number of carboxylic acids is 1. The number of nitrogens with zero attached hydrogens (tertiary/aromatic N) is 3. The second kappa shape index (κ2) is 8.03. The van der Waals surface area contributed by atoms with E-state index in [-0.39, 0.29) is 31.3 Å². The van der Waals surface area contributed by atoms with Crippen molar-refractivity contribution in [3.63, 3.8) is 0 Å². The van der Waals surface area contributed by atoms with E-state index in [0.717, 1.165) is 0 Å². The van der Waals surface area contributed by atoms with Crippen molar-refractivity contribution in [1.29, 1.82) is 0 Å². The van der Waals surface area contributed by atoms with Crippen molar-refractivity contribution in [2.75, 3.05) is 20.1 Å². The molecule has 0 spiro atoms. The summed E-state index contributed by atoms with van der Waals surface area (Å²) in [6, 6.07) is 1.24. The highest BCUT2D eigenvalue weighted by atomic mass is 16.4. The van der Waals surface area contributed by atoms with Gasteiger partial charge in [-0.15, -0.1) is 0 Å². The first-order valence-electron chi connectivity index (χ1n) is 6.64. The van der Waals surface area contributed by atoms with Crippen LogP contribution in [0.3, 0.4) is 0 Å². The van der Waals surface area contributed by atoms with Crippen LogP contribution in [0.5, 0.6) is 0 Å². The van der Waals surface area contributed by atoms with Crippen LogP contribution in [-0.4, -0.2) is 57.7 Å². The second-order valence-electron chi connectivity index (χ2n) is 4.70. The van der Waals surface area contributed by atoms with Crippen molar-refractivity contribution in [1.82, 2.24) is 20.0 Å². The molecule has 1 heterocycles. The van der Waals surface area contributed by atoms with Crippen molar-refractivity contribution < 1.29 is 19.5 Å². The lowest BCUT2D eigenvalue weighted by atomic mass is 10.3. The number of rotatable bonds is 8. The fourth-order valence-corrected chi connectivity index (χ4v) is 1.76. The number of aromatic nitrogens is 2. The largest absolute Gasteiger partial charge is 0.481 e. The Morgan fingerprint density at radius 2 is 2.14 bits per heavy atom. The molecule has 0 radical (unpaired) electrons. The minimum atomic E-state index is -0.899. The van der Waals surface area contributed by atoms with Gasteiger partial charge in [-0.25, -0.2) is 0 Å². The monoisotopic (exact) mass is 296 g/mol. The van der Waals surface area contributed by atoms with Gasteiger partial charge in [-0.05, 0) is 19.4 Å². The van der Waals surface area contributed by atoms with E-state index in [2.05, 4.69) is 10.4 Å². The summed E-state index contributed by atoms with van der Waals surface area (Å²) in [4.78, 5) is 35.4. The van der Waals surface area contributed by atoms with Crippen LogP contribution < -0.4 is 5.32 Å². The van der Waals surface area contributed by atoms with E-state index in [4.69, 9.17) is 5.11 Å². The Morgan fingerprint density at radius 1 is 1.43 bits per heavy atom. The minimum absolute atomic E-state index is 0.00534. The van der Waals surface area contributed by atoms with Crippen molar-refractivity contribution in [2.45, 2.75) is 25.8 Å². The third-order valence-corrected chi connectivity index (χ3v) is 2.93. The van der Waals surface area contributed by atoms with Crippen molar-refractivity contribution in [2.24, 2.45) is 0 Å². The molecule has 21 heavy (non-hydrogen) atoms. The predicted octanol–water partition coefficient (Wildman–Crippen LogP) is -0.116. The fourth-order valence-electron chi connectivity index (χ4n) is 1.76. The first-order valence-corrected chi connectivity index (χ1v) is 6.64. The van der Waals surface area contributed by atoms with Crippen molar-refractivity contribution in [3.8, 4) is 0 Å². The number of carboxylic acid groups (broad SMARTS) is 1. The molecule has 1 atom stereocenters. The zero-order chi connectivity index (χ0) is 15.8. The molecule has 0 aliphatic rings. The Morgan fingerprint density at radius 3 is 2.71 bits per heavy atom. The molecule has 8 nitrogen and oxygen atoms in total. The molecule has 1 aromatic heterocycles. The average molecular weight is 296 g/mol. The summed E-state index contributed by atoms with van der Waals surface area (Å²) in [5.74, 6) is -1.44. The van der Waals surface area contributed by atoms with Gasteiger partial charge >= 0.3 is 5.97 Å². The minimum Gasteiger partial charge on any atom is -0.481 e. The Labute approximate surface area is 122 Å². The van der Waals surface area contributed by atoms with E-state index >= 15 is 0 Å². The molecule has 8 heteroatoms. The molecule has 1 aromatic rings. The normalized spacial score (nSPS) is 11.7. The van der Waals surface area contributed by atoms with Crippen LogP contribution in [0.1, 0.15) is 25.8 Å². The molecule has 0 aliphatic carbocycles. The highest BCUT2D eigenvalue weighted by Crippen LogP contribution is 2.06. The zero-order valence-corrected chi connectivity index (χ0v) is 12.2. The van der Waals surface area contributed by atoms with Gasteiger partial charge in [0, 0.05) is 32.4 Å². The number of carbonyl (C=O) groups excluding carboxylic acids is 2. The molecular weight excluding hydrogens is 276 g/mol.